The van der Waals surface area contributed by atoms with Crippen LogP contribution in [0.2, 0.25) is 0 Å². The summed E-state index contributed by atoms with van der Waals surface area (Å²) in [7, 11) is 2.52. The van der Waals surface area contributed by atoms with E-state index in [9.17, 15) is 9.59 Å². The largest absolute Gasteiger partial charge is 0.464 e. The molecule has 0 amide bonds. The Labute approximate surface area is 290 Å². The lowest BCUT2D eigenvalue weighted by Crippen LogP contribution is -2.38. The minimum Gasteiger partial charge on any atom is -0.464 e. The molecule has 5 aromatic rings. The minimum absolute atomic E-state index is 0.0858. The van der Waals surface area contributed by atoms with Crippen LogP contribution in [0.3, 0.4) is 0 Å². The summed E-state index contributed by atoms with van der Waals surface area (Å²) in [5.74, 6) is -1.48. The van der Waals surface area contributed by atoms with E-state index in [0.29, 0.717) is 17.7 Å². The van der Waals surface area contributed by atoms with Crippen molar-refractivity contribution in [3.05, 3.63) is 155 Å². The first-order valence-corrected chi connectivity index (χ1v) is 16.3. The van der Waals surface area contributed by atoms with Gasteiger partial charge in [0.15, 0.2) is 11.4 Å². The maximum absolute atomic E-state index is 13.4. The molecule has 10 nitrogen and oxygen atoms in total. The molecular formula is C40H38N2O8. The topological polar surface area (TPSA) is 115 Å². The molecule has 1 aliphatic rings. The molecule has 4 aromatic carbocycles. The van der Waals surface area contributed by atoms with Gasteiger partial charge in [-0.25, -0.2) is 9.59 Å². The van der Waals surface area contributed by atoms with Gasteiger partial charge in [-0.1, -0.05) is 121 Å². The highest BCUT2D eigenvalue weighted by Crippen LogP contribution is 2.44. The molecule has 0 bridgehead atoms. The van der Waals surface area contributed by atoms with Crippen molar-refractivity contribution in [2.75, 3.05) is 20.8 Å². The first-order valence-electron chi connectivity index (χ1n) is 16.3. The molecule has 6 rings (SSSR count). The first kappa shape index (κ1) is 34.6. The van der Waals surface area contributed by atoms with Gasteiger partial charge < -0.3 is 28.4 Å². The summed E-state index contributed by atoms with van der Waals surface area (Å²) in [5, 5.41) is 8.38. The Bertz CT molecular complexity index is 1840. The lowest BCUT2D eigenvalue weighted by atomic mass is 9.90. The lowest BCUT2D eigenvalue weighted by Gasteiger charge is -2.27. The Morgan fingerprint density at radius 3 is 1.60 bits per heavy atom. The number of carbonyl (C=O) groups excluding carboxylic acids is 2. The molecule has 4 atom stereocenters. The third kappa shape index (κ3) is 8.12. The van der Waals surface area contributed by atoms with Crippen LogP contribution in [-0.4, -0.2) is 61.3 Å². The fraction of sp³-hybridized carbons (Fsp3) is 0.250. The third-order valence-corrected chi connectivity index (χ3v) is 8.39. The van der Waals surface area contributed by atoms with Crippen molar-refractivity contribution in [1.82, 2.24) is 10.2 Å². The molecule has 0 saturated carbocycles. The van der Waals surface area contributed by atoms with Crippen LogP contribution in [0.15, 0.2) is 121 Å². The van der Waals surface area contributed by atoms with Gasteiger partial charge in [0, 0.05) is 11.1 Å². The zero-order valence-corrected chi connectivity index (χ0v) is 27.8. The molecular weight excluding hydrogens is 636 g/mol. The Morgan fingerprint density at radius 2 is 1.06 bits per heavy atom. The van der Waals surface area contributed by atoms with E-state index in [-0.39, 0.29) is 36.8 Å². The average molecular weight is 675 g/mol. The number of carbonyl (C=O) groups is 2. The molecule has 0 spiro atoms. The van der Waals surface area contributed by atoms with Crippen molar-refractivity contribution < 1.29 is 38.0 Å². The van der Waals surface area contributed by atoms with E-state index in [1.165, 1.54) is 14.2 Å². The number of esters is 2. The van der Waals surface area contributed by atoms with E-state index in [0.717, 1.165) is 16.7 Å². The molecule has 0 N–H and O–H groups in total. The Kier molecular flexibility index (Phi) is 11.7. The fourth-order valence-corrected chi connectivity index (χ4v) is 5.99. The number of methoxy groups -OCH3 is 2. The van der Waals surface area contributed by atoms with E-state index in [1.54, 1.807) is 0 Å². The van der Waals surface area contributed by atoms with Crippen LogP contribution in [0.1, 0.15) is 49.3 Å². The Hall–Kier alpha value is -5.26. The second kappa shape index (κ2) is 16.9. The van der Waals surface area contributed by atoms with E-state index in [4.69, 9.17) is 28.4 Å². The van der Waals surface area contributed by atoms with Gasteiger partial charge >= 0.3 is 11.9 Å². The lowest BCUT2D eigenvalue weighted by molar-refractivity contribution is -0.0898. The molecule has 0 aliphatic carbocycles. The van der Waals surface area contributed by atoms with E-state index in [2.05, 4.69) is 10.2 Å². The molecule has 1 aliphatic heterocycles. The molecule has 1 aromatic heterocycles. The van der Waals surface area contributed by atoms with Crippen LogP contribution in [0, 0.1) is 0 Å². The Morgan fingerprint density at radius 1 is 0.600 bits per heavy atom. The number of nitrogens with zero attached hydrogens (tertiary/aromatic N) is 2. The average Bonchev–Trinajstić information content (AvgIpc) is 3.52. The summed E-state index contributed by atoms with van der Waals surface area (Å²) in [6.07, 6.45) is -3.11. The predicted octanol–water partition coefficient (Wildman–Crippen LogP) is 6.54. The van der Waals surface area contributed by atoms with Crippen molar-refractivity contribution in [3.63, 3.8) is 0 Å². The van der Waals surface area contributed by atoms with Crippen LogP contribution >= 0.6 is 0 Å². The molecule has 2 heterocycles. The highest BCUT2D eigenvalue weighted by Gasteiger charge is 2.50. The summed E-state index contributed by atoms with van der Waals surface area (Å²) in [4.78, 5) is 26.6. The summed E-state index contributed by atoms with van der Waals surface area (Å²) in [5.41, 5.74) is 3.87. The zero-order valence-electron chi connectivity index (χ0n) is 27.8. The standard InChI is InChI=1S/C40H38N2O8/c1-45-39(43)34-32(30-21-13-6-14-22-30)33(35(42-41-34)40(44)46-2)37-38(49-25-29-19-11-5-12-20-29)36(48-24-28-17-9-4-10-18-28)31(50-37)26-47-23-27-15-7-3-8-16-27/h3-22,31,36-38H,23-26H2,1-2H3/t31-,36-,37-,38-/m1/s1. The molecule has 0 unspecified atom stereocenters. The molecule has 1 saturated heterocycles. The van der Waals surface area contributed by atoms with Gasteiger partial charge in [0.05, 0.1) is 40.6 Å². The van der Waals surface area contributed by atoms with Gasteiger partial charge in [-0.3, -0.25) is 0 Å². The zero-order chi connectivity index (χ0) is 34.7. The van der Waals surface area contributed by atoms with Gasteiger partial charge in [-0.2, -0.15) is 0 Å². The van der Waals surface area contributed by atoms with Gasteiger partial charge in [-0.05, 0) is 22.3 Å². The number of aromatic nitrogens is 2. The second-order valence-corrected chi connectivity index (χ2v) is 11.7. The van der Waals surface area contributed by atoms with Gasteiger partial charge in [-0.15, -0.1) is 10.2 Å². The summed E-state index contributed by atoms with van der Waals surface area (Å²) < 4.78 is 36.7. The summed E-state index contributed by atoms with van der Waals surface area (Å²) in [6, 6.07) is 38.5. The van der Waals surface area contributed by atoms with E-state index in [1.807, 2.05) is 121 Å². The van der Waals surface area contributed by atoms with Crippen LogP contribution < -0.4 is 0 Å². The minimum atomic E-state index is -0.979. The first-order chi connectivity index (χ1) is 24.6. The Balaban J connectivity index is 1.47. The van der Waals surface area contributed by atoms with E-state index >= 15 is 0 Å². The normalized spacial score (nSPS) is 18.4. The third-order valence-electron chi connectivity index (χ3n) is 8.39. The SMILES string of the molecule is COC(=O)c1nnc(C(=O)OC)c([C@H]2O[C@H](COCc3ccccc3)[C@@H](OCc3ccccc3)[C@H]2OCc2ccccc2)c1-c1ccccc1. The second-order valence-electron chi connectivity index (χ2n) is 11.7. The van der Waals surface area contributed by atoms with Gasteiger partial charge in [0.1, 0.15) is 24.4 Å². The van der Waals surface area contributed by atoms with Crippen molar-refractivity contribution in [3.8, 4) is 11.1 Å². The predicted molar refractivity (Wildman–Crippen MR) is 184 cm³/mol. The van der Waals surface area contributed by atoms with Crippen LogP contribution in [0.4, 0.5) is 0 Å². The highest BCUT2D eigenvalue weighted by molar-refractivity contribution is 5.99. The summed E-state index contributed by atoms with van der Waals surface area (Å²) >= 11 is 0. The van der Waals surface area contributed by atoms with Crippen LogP contribution in [-0.2, 0) is 48.2 Å². The number of hydrogen-bond acceptors (Lipinski definition) is 10. The maximum Gasteiger partial charge on any atom is 0.359 e. The quantitative estimate of drug-likeness (QED) is 0.120. The molecule has 256 valence electrons. The number of hydrogen-bond donors (Lipinski definition) is 0. The number of benzene rings is 4. The van der Waals surface area contributed by atoms with Crippen LogP contribution in [0.5, 0.6) is 0 Å². The van der Waals surface area contributed by atoms with Crippen molar-refractivity contribution in [2.24, 2.45) is 0 Å². The monoisotopic (exact) mass is 674 g/mol. The smallest absolute Gasteiger partial charge is 0.359 e. The molecule has 50 heavy (non-hydrogen) atoms. The molecule has 1 fully saturated rings. The van der Waals surface area contributed by atoms with E-state index < -0.39 is 36.4 Å². The van der Waals surface area contributed by atoms with Gasteiger partial charge in [0.2, 0.25) is 0 Å². The van der Waals surface area contributed by atoms with Crippen molar-refractivity contribution in [2.45, 2.75) is 44.2 Å². The van der Waals surface area contributed by atoms with Crippen LogP contribution in [0.25, 0.3) is 11.1 Å². The highest BCUT2D eigenvalue weighted by atomic mass is 16.6. The summed E-state index contributed by atoms with van der Waals surface area (Å²) in [6.45, 7) is 0.967. The number of rotatable bonds is 14. The van der Waals surface area contributed by atoms with Gasteiger partial charge in [0.25, 0.3) is 0 Å². The molecule has 0 radical (unpaired) electrons. The fourth-order valence-electron chi connectivity index (χ4n) is 5.99. The number of ether oxygens (including phenoxy) is 6. The molecule has 10 heteroatoms. The maximum atomic E-state index is 13.4. The van der Waals surface area contributed by atoms with Crippen molar-refractivity contribution in [1.29, 1.82) is 0 Å². The van der Waals surface area contributed by atoms with Crippen molar-refractivity contribution >= 4 is 11.9 Å².